The molecule has 28 heavy (non-hydrogen) atoms. The number of pyridine rings is 1. The predicted octanol–water partition coefficient (Wildman–Crippen LogP) is 2.57. The first-order chi connectivity index (χ1) is 13.3. The number of hydrogen-bond acceptors (Lipinski definition) is 4. The van der Waals surface area contributed by atoms with Crippen molar-refractivity contribution < 1.29 is 23.8 Å². The average Bonchev–Trinajstić information content (AvgIpc) is 2.66. The van der Waals surface area contributed by atoms with E-state index in [1.807, 2.05) is 0 Å². The van der Waals surface area contributed by atoms with E-state index >= 15 is 0 Å². The number of ether oxygens (including phenoxy) is 1. The molecule has 0 bridgehead atoms. The Kier molecular flexibility index (Phi) is 5.42. The summed E-state index contributed by atoms with van der Waals surface area (Å²) in [6.07, 6.45) is 0.244. The number of carboxylic acid groups (broad SMARTS) is 1. The molecule has 9 heteroatoms. The number of rotatable bonds is 5. The molecular weight excluding hydrogens is 391 g/mol. The number of amides is 1. The fourth-order valence-corrected chi connectivity index (χ4v) is 3.67. The molecule has 1 aromatic carbocycles. The average molecular weight is 409 g/mol. The van der Waals surface area contributed by atoms with Gasteiger partial charge < -0.3 is 14.7 Å². The first-order valence-corrected chi connectivity index (χ1v) is 8.98. The summed E-state index contributed by atoms with van der Waals surface area (Å²) >= 11 is 5.80. The molecule has 1 aliphatic heterocycles. The van der Waals surface area contributed by atoms with Crippen molar-refractivity contribution in [3.05, 3.63) is 61.8 Å². The van der Waals surface area contributed by atoms with Gasteiger partial charge in [-0.05, 0) is 31.0 Å². The zero-order chi connectivity index (χ0) is 20.6. The van der Waals surface area contributed by atoms with Crippen LogP contribution in [0.4, 0.5) is 4.39 Å². The van der Waals surface area contributed by atoms with Crippen LogP contribution in [-0.4, -0.2) is 40.1 Å². The topological polar surface area (TPSA) is 88.8 Å². The number of benzene rings is 1. The molecule has 0 fully saturated rings. The zero-order valence-corrected chi connectivity index (χ0v) is 16.0. The first-order valence-electron chi connectivity index (χ1n) is 8.60. The Morgan fingerprint density at radius 3 is 2.64 bits per heavy atom. The van der Waals surface area contributed by atoms with Gasteiger partial charge in [0.05, 0.1) is 17.7 Å². The Morgan fingerprint density at radius 2 is 2.07 bits per heavy atom. The Hall–Kier alpha value is -2.87. The summed E-state index contributed by atoms with van der Waals surface area (Å²) in [6, 6.07) is 4.15. The zero-order valence-electron chi connectivity index (χ0n) is 15.3. The molecule has 7 nitrogen and oxygen atoms in total. The van der Waals surface area contributed by atoms with Crippen molar-refractivity contribution in [3.8, 4) is 5.75 Å². The third-order valence-corrected chi connectivity index (χ3v) is 5.03. The summed E-state index contributed by atoms with van der Waals surface area (Å²) in [5, 5.41) is 9.55. The van der Waals surface area contributed by atoms with Crippen LogP contribution in [0.2, 0.25) is 5.02 Å². The van der Waals surface area contributed by atoms with Crippen LogP contribution in [0.3, 0.4) is 0 Å². The van der Waals surface area contributed by atoms with Crippen molar-refractivity contribution in [3.63, 3.8) is 0 Å². The van der Waals surface area contributed by atoms with E-state index in [0.717, 1.165) is 4.57 Å². The summed E-state index contributed by atoms with van der Waals surface area (Å²) in [7, 11) is 1.27. The van der Waals surface area contributed by atoms with Gasteiger partial charge >= 0.3 is 5.97 Å². The molecule has 0 saturated carbocycles. The maximum Gasteiger partial charge on any atom is 0.352 e. The van der Waals surface area contributed by atoms with Gasteiger partial charge in [0, 0.05) is 25.2 Å². The number of carbonyl (C=O) groups excluding carboxylic acids is 1. The summed E-state index contributed by atoms with van der Waals surface area (Å²) < 4.78 is 19.6. The third kappa shape index (κ3) is 3.24. The molecule has 0 saturated heterocycles. The molecule has 0 radical (unpaired) electrons. The lowest BCUT2D eigenvalue weighted by Gasteiger charge is -2.31. The molecule has 1 amide bonds. The second-order valence-corrected chi connectivity index (χ2v) is 6.72. The molecule has 3 rings (SSSR count). The molecule has 0 atom stereocenters. The van der Waals surface area contributed by atoms with Gasteiger partial charge in [0.25, 0.3) is 11.5 Å². The second-order valence-electron chi connectivity index (χ2n) is 6.32. The third-order valence-electron chi connectivity index (χ3n) is 4.74. The number of aromatic carboxylic acids is 1. The van der Waals surface area contributed by atoms with Crippen molar-refractivity contribution in [2.75, 3.05) is 13.7 Å². The maximum absolute atomic E-state index is 13.4. The Balaban J connectivity index is 2.09. The molecule has 0 unspecified atom stereocenters. The van der Waals surface area contributed by atoms with Crippen molar-refractivity contribution in [1.29, 1.82) is 0 Å². The van der Waals surface area contributed by atoms with E-state index in [-0.39, 0.29) is 53.6 Å². The molecule has 2 heterocycles. The minimum absolute atomic E-state index is 0.0333. The lowest BCUT2D eigenvalue weighted by Crippen LogP contribution is -2.41. The summed E-state index contributed by atoms with van der Waals surface area (Å²) in [4.78, 5) is 39.0. The number of carboxylic acids is 1. The normalized spacial score (nSPS) is 13.4. The summed E-state index contributed by atoms with van der Waals surface area (Å²) in [5.74, 6) is -2.52. The van der Waals surface area contributed by atoms with Gasteiger partial charge in [-0.3, -0.25) is 14.2 Å². The van der Waals surface area contributed by atoms with Gasteiger partial charge in [0.2, 0.25) is 0 Å². The van der Waals surface area contributed by atoms with Gasteiger partial charge in [-0.15, -0.1) is 0 Å². The number of carbonyl (C=O) groups is 2. The van der Waals surface area contributed by atoms with E-state index in [9.17, 15) is 23.9 Å². The standard InChI is InChI=1S/C19H18ClFN2O5/c1-3-23-15(19(26)27)11-6-7-22(9-10-4-5-13(21)12(20)8-10)17(24)14(11)16(28-2)18(23)25/h4-5,8H,3,6-7,9H2,1-2H3,(H,26,27). The van der Waals surface area contributed by atoms with Crippen LogP contribution in [0.5, 0.6) is 5.75 Å². The van der Waals surface area contributed by atoms with Crippen molar-refractivity contribution in [2.45, 2.75) is 26.4 Å². The quantitative estimate of drug-likeness (QED) is 0.821. The highest BCUT2D eigenvalue weighted by atomic mass is 35.5. The Bertz CT molecular complexity index is 1030. The van der Waals surface area contributed by atoms with E-state index in [1.54, 1.807) is 6.92 Å². The molecule has 0 aliphatic carbocycles. The van der Waals surface area contributed by atoms with E-state index in [2.05, 4.69) is 0 Å². The van der Waals surface area contributed by atoms with Gasteiger partial charge in [0.15, 0.2) is 5.75 Å². The van der Waals surface area contributed by atoms with Gasteiger partial charge in [0.1, 0.15) is 11.5 Å². The van der Waals surface area contributed by atoms with E-state index < -0.39 is 23.3 Å². The number of methoxy groups -OCH3 is 1. The van der Waals surface area contributed by atoms with Crippen LogP contribution in [-0.2, 0) is 19.5 Å². The number of fused-ring (bicyclic) bond motifs is 1. The monoisotopic (exact) mass is 408 g/mol. The van der Waals surface area contributed by atoms with Crippen LogP contribution < -0.4 is 10.3 Å². The maximum atomic E-state index is 13.4. The van der Waals surface area contributed by atoms with Gasteiger partial charge in [-0.25, -0.2) is 9.18 Å². The lowest BCUT2D eigenvalue weighted by atomic mass is 9.95. The highest BCUT2D eigenvalue weighted by Gasteiger charge is 2.35. The molecule has 1 aliphatic rings. The van der Waals surface area contributed by atoms with Gasteiger partial charge in [-0.2, -0.15) is 0 Å². The second kappa shape index (κ2) is 7.63. The molecule has 2 aromatic rings. The Morgan fingerprint density at radius 1 is 1.36 bits per heavy atom. The SMILES string of the molecule is CCn1c(C(=O)O)c2c(c(OC)c1=O)C(=O)N(Cc1ccc(F)c(Cl)c1)CC2. The van der Waals surface area contributed by atoms with Crippen LogP contribution in [0.25, 0.3) is 0 Å². The van der Waals surface area contributed by atoms with Crippen molar-refractivity contribution >= 4 is 23.5 Å². The molecule has 1 N–H and O–H groups in total. The van der Waals surface area contributed by atoms with E-state index in [4.69, 9.17) is 16.3 Å². The summed E-state index contributed by atoms with van der Waals surface area (Å²) in [5.41, 5.74) is 0.00285. The fraction of sp³-hybridized carbons (Fsp3) is 0.316. The highest BCUT2D eigenvalue weighted by molar-refractivity contribution is 6.30. The van der Waals surface area contributed by atoms with Crippen molar-refractivity contribution in [2.24, 2.45) is 0 Å². The minimum atomic E-state index is -1.27. The highest BCUT2D eigenvalue weighted by Crippen LogP contribution is 2.29. The van der Waals surface area contributed by atoms with Gasteiger partial charge in [-0.1, -0.05) is 17.7 Å². The predicted molar refractivity (Wildman–Crippen MR) is 99.7 cm³/mol. The summed E-state index contributed by atoms with van der Waals surface area (Å²) in [6.45, 7) is 2.16. The van der Waals surface area contributed by atoms with Crippen molar-refractivity contribution in [1.82, 2.24) is 9.47 Å². The minimum Gasteiger partial charge on any atom is -0.490 e. The molecule has 0 spiro atoms. The largest absolute Gasteiger partial charge is 0.490 e. The smallest absolute Gasteiger partial charge is 0.352 e. The first kappa shape index (κ1) is 19.9. The van der Waals surface area contributed by atoms with E-state index in [0.29, 0.717) is 5.56 Å². The Labute approximate surface area is 164 Å². The van der Waals surface area contributed by atoms with Crippen LogP contribution >= 0.6 is 11.6 Å². The van der Waals surface area contributed by atoms with E-state index in [1.165, 1.54) is 30.2 Å². The molecule has 148 valence electrons. The van der Waals surface area contributed by atoms with Crippen LogP contribution in [0, 0.1) is 5.82 Å². The fourth-order valence-electron chi connectivity index (χ4n) is 3.47. The number of halogens is 2. The lowest BCUT2D eigenvalue weighted by molar-refractivity contribution is 0.0676. The van der Waals surface area contributed by atoms with Crippen LogP contribution in [0.15, 0.2) is 23.0 Å². The number of nitrogens with zero attached hydrogens (tertiary/aromatic N) is 2. The number of hydrogen-bond donors (Lipinski definition) is 1. The number of aromatic nitrogens is 1. The molecule has 1 aromatic heterocycles. The van der Waals surface area contributed by atoms with Crippen LogP contribution in [0.1, 0.15) is 38.9 Å². The molecular formula is C19H18ClFN2O5.